The van der Waals surface area contributed by atoms with Gasteiger partial charge in [0, 0.05) is 23.5 Å². The first-order chi connectivity index (χ1) is 14.0. The van der Waals surface area contributed by atoms with E-state index in [1.54, 1.807) is 60.6 Å². The highest BCUT2D eigenvalue weighted by Crippen LogP contribution is 2.16. The Kier molecular flexibility index (Phi) is 6.24. The molecule has 0 aliphatic carbocycles. The molecule has 0 atom stereocenters. The van der Waals surface area contributed by atoms with Crippen LogP contribution in [0.2, 0.25) is 0 Å². The smallest absolute Gasteiger partial charge is 0.255 e. The zero-order valence-corrected chi connectivity index (χ0v) is 16.6. The number of rotatable bonds is 7. The van der Waals surface area contributed by atoms with E-state index >= 15 is 0 Å². The molecule has 2 aromatic carbocycles. The second-order valence-electron chi connectivity index (χ2n) is 6.81. The van der Waals surface area contributed by atoms with Gasteiger partial charge in [0.2, 0.25) is 0 Å². The van der Waals surface area contributed by atoms with Gasteiger partial charge in [0.25, 0.3) is 5.91 Å². The number of ether oxygens (including phenoxy) is 1. The lowest BCUT2D eigenvalue weighted by Crippen LogP contribution is -2.11. The van der Waals surface area contributed by atoms with E-state index in [1.165, 1.54) is 6.08 Å². The van der Waals surface area contributed by atoms with Crippen LogP contribution in [0.1, 0.15) is 46.2 Å². The summed E-state index contributed by atoms with van der Waals surface area (Å²) in [5.41, 5.74) is 2.53. The monoisotopic (exact) mass is 389 g/mol. The fraction of sp³-hybridized carbons (Fsp3) is 0.174. The quantitative estimate of drug-likeness (QED) is 0.473. The van der Waals surface area contributed by atoms with E-state index in [1.807, 2.05) is 32.0 Å². The van der Waals surface area contributed by atoms with Gasteiger partial charge in [-0.15, -0.1) is 0 Å². The average molecular weight is 389 g/mol. The predicted molar refractivity (Wildman–Crippen MR) is 113 cm³/mol. The number of nitrogens with zero attached hydrogens (tertiary/aromatic N) is 2. The van der Waals surface area contributed by atoms with E-state index < -0.39 is 0 Å². The molecule has 3 rings (SSSR count). The number of allylic oxidation sites excluding steroid dienone is 1. The van der Waals surface area contributed by atoms with Gasteiger partial charge in [-0.1, -0.05) is 18.2 Å². The maximum absolute atomic E-state index is 12.4. The third kappa shape index (κ3) is 5.19. The van der Waals surface area contributed by atoms with Crippen molar-refractivity contribution in [2.45, 2.75) is 19.9 Å². The fourth-order valence-electron chi connectivity index (χ4n) is 2.68. The summed E-state index contributed by atoms with van der Waals surface area (Å²) in [6.45, 7) is 4.01. The van der Waals surface area contributed by atoms with Crippen molar-refractivity contribution in [2.24, 2.45) is 0 Å². The van der Waals surface area contributed by atoms with Crippen molar-refractivity contribution < 1.29 is 14.3 Å². The number of amides is 1. The Morgan fingerprint density at radius 1 is 1.10 bits per heavy atom. The molecule has 0 saturated heterocycles. The number of carbonyl (C=O) groups excluding carboxylic acids is 2. The number of carbonyl (C=O) groups is 2. The number of methoxy groups -OCH3 is 1. The average Bonchev–Trinajstić information content (AvgIpc) is 3.23. The number of nitrogens with one attached hydrogen (secondary N) is 1. The molecule has 3 aromatic rings. The Morgan fingerprint density at radius 2 is 1.86 bits per heavy atom. The van der Waals surface area contributed by atoms with Crippen molar-refractivity contribution in [2.75, 3.05) is 12.4 Å². The molecule has 0 aliphatic heterocycles. The van der Waals surface area contributed by atoms with Crippen LogP contribution in [0.5, 0.6) is 5.75 Å². The van der Waals surface area contributed by atoms with Crippen LogP contribution in [-0.2, 0) is 0 Å². The van der Waals surface area contributed by atoms with Gasteiger partial charge >= 0.3 is 0 Å². The summed E-state index contributed by atoms with van der Waals surface area (Å²) >= 11 is 0. The van der Waals surface area contributed by atoms with Crippen LogP contribution in [0.25, 0.3) is 6.08 Å². The molecular weight excluding hydrogens is 366 g/mol. The summed E-state index contributed by atoms with van der Waals surface area (Å²) < 4.78 is 6.85. The van der Waals surface area contributed by atoms with Gasteiger partial charge in [-0.2, -0.15) is 5.10 Å². The number of hydrogen-bond donors (Lipinski definition) is 1. The minimum absolute atomic E-state index is 0.121. The van der Waals surface area contributed by atoms with Crippen molar-refractivity contribution in [1.29, 1.82) is 0 Å². The molecule has 0 saturated carbocycles. The molecule has 0 aliphatic rings. The van der Waals surface area contributed by atoms with Gasteiger partial charge in [0.15, 0.2) is 5.78 Å². The van der Waals surface area contributed by atoms with Gasteiger partial charge in [-0.3, -0.25) is 14.3 Å². The lowest BCUT2D eigenvalue weighted by atomic mass is 10.1. The molecule has 0 fully saturated rings. The lowest BCUT2D eigenvalue weighted by molar-refractivity contribution is 0.102. The van der Waals surface area contributed by atoms with E-state index in [4.69, 9.17) is 4.74 Å². The summed E-state index contributed by atoms with van der Waals surface area (Å²) in [6, 6.07) is 14.4. The van der Waals surface area contributed by atoms with Gasteiger partial charge in [0.1, 0.15) is 5.75 Å². The van der Waals surface area contributed by atoms with Crippen molar-refractivity contribution in [1.82, 2.24) is 9.78 Å². The number of hydrogen-bond acceptors (Lipinski definition) is 4. The van der Waals surface area contributed by atoms with Crippen LogP contribution in [0.3, 0.4) is 0 Å². The minimum atomic E-state index is -0.217. The minimum Gasteiger partial charge on any atom is -0.497 e. The highest BCUT2D eigenvalue weighted by molar-refractivity contribution is 6.07. The maximum atomic E-state index is 12.4. The highest BCUT2D eigenvalue weighted by Gasteiger charge is 2.08. The van der Waals surface area contributed by atoms with Crippen molar-refractivity contribution in [3.8, 4) is 5.75 Å². The Hall–Kier alpha value is -3.67. The topological polar surface area (TPSA) is 73.2 Å². The van der Waals surface area contributed by atoms with E-state index in [-0.39, 0.29) is 17.7 Å². The number of ketones is 1. The Morgan fingerprint density at radius 3 is 2.52 bits per heavy atom. The van der Waals surface area contributed by atoms with Crippen LogP contribution in [0.15, 0.2) is 67.0 Å². The molecule has 6 heteroatoms. The Bertz CT molecular complexity index is 1030. The molecule has 29 heavy (non-hydrogen) atoms. The fourth-order valence-corrected chi connectivity index (χ4v) is 2.68. The second kappa shape index (κ2) is 9.01. The second-order valence-corrected chi connectivity index (χ2v) is 6.81. The van der Waals surface area contributed by atoms with E-state index in [2.05, 4.69) is 10.4 Å². The molecule has 6 nitrogen and oxygen atoms in total. The number of aromatic nitrogens is 2. The first-order valence-corrected chi connectivity index (χ1v) is 9.28. The number of benzene rings is 2. The van der Waals surface area contributed by atoms with Crippen LogP contribution in [0, 0.1) is 0 Å². The lowest BCUT2D eigenvalue weighted by Gasteiger charge is -2.07. The first kappa shape index (κ1) is 20.1. The largest absolute Gasteiger partial charge is 0.497 e. The predicted octanol–water partition coefficient (Wildman–Crippen LogP) is 4.62. The molecule has 0 radical (unpaired) electrons. The van der Waals surface area contributed by atoms with Crippen LogP contribution >= 0.6 is 0 Å². The molecule has 148 valence electrons. The molecule has 0 bridgehead atoms. The summed E-state index contributed by atoms with van der Waals surface area (Å²) in [6.07, 6.45) is 6.53. The van der Waals surface area contributed by atoms with Crippen molar-refractivity contribution >= 4 is 23.5 Å². The van der Waals surface area contributed by atoms with E-state index in [0.717, 1.165) is 5.56 Å². The number of anilines is 1. The molecular formula is C23H23N3O3. The third-order valence-corrected chi connectivity index (χ3v) is 4.34. The van der Waals surface area contributed by atoms with E-state index in [0.29, 0.717) is 22.6 Å². The first-order valence-electron chi connectivity index (χ1n) is 9.28. The molecule has 0 unspecified atom stereocenters. The third-order valence-electron chi connectivity index (χ3n) is 4.34. The van der Waals surface area contributed by atoms with E-state index in [9.17, 15) is 9.59 Å². The zero-order valence-electron chi connectivity index (χ0n) is 16.6. The molecule has 1 amide bonds. The highest BCUT2D eigenvalue weighted by atomic mass is 16.5. The standard InChI is InChI=1S/C23H23N3O3/c1-16(2)26-15-19(14-24-26)22(27)12-7-17-5-4-6-20(13-17)25-23(28)18-8-10-21(29-3)11-9-18/h4-16H,1-3H3,(H,25,28). The Balaban J connectivity index is 1.67. The van der Waals surface area contributed by atoms with Gasteiger partial charge in [-0.05, 0) is 61.9 Å². The molecule has 1 aromatic heterocycles. The molecule has 1 N–H and O–H groups in total. The molecule has 0 spiro atoms. The van der Waals surface area contributed by atoms with Crippen molar-refractivity contribution in [3.63, 3.8) is 0 Å². The van der Waals surface area contributed by atoms with Crippen molar-refractivity contribution in [3.05, 3.63) is 83.7 Å². The van der Waals surface area contributed by atoms with Gasteiger partial charge < -0.3 is 10.1 Å². The zero-order chi connectivity index (χ0) is 20.8. The SMILES string of the molecule is COc1ccc(C(=O)Nc2cccc(C=CC(=O)c3cnn(C(C)C)c3)c2)cc1. The molecule has 1 heterocycles. The Labute approximate surface area is 169 Å². The summed E-state index contributed by atoms with van der Waals surface area (Å²) in [5.74, 6) is 0.354. The van der Waals surface area contributed by atoms with Crippen LogP contribution < -0.4 is 10.1 Å². The van der Waals surface area contributed by atoms with Gasteiger partial charge in [0.05, 0.1) is 18.9 Å². The summed E-state index contributed by atoms with van der Waals surface area (Å²) in [5, 5.41) is 7.04. The van der Waals surface area contributed by atoms with Gasteiger partial charge in [-0.25, -0.2) is 0 Å². The summed E-state index contributed by atoms with van der Waals surface area (Å²) in [4.78, 5) is 24.7. The van der Waals surface area contributed by atoms with Crippen LogP contribution in [0.4, 0.5) is 5.69 Å². The van der Waals surface area contributed by atoms with Crippen LogP contribution in [-0.4, -0.2) is 28.6 Å². The summed E-state index contributed by atoms with van der Waals surface area (Å²) in [7, 11) is 1.58. The maximum Gasteiger partial charge on any atom is 0.255 e. The normalized spacial score (nSPS) is 11.0.